The predicted octanol–water partition coefficient (Wildman–Crippen LogP) is -0.226. The number of halogens is 1. The Morgan fingerprint density at radius 2 is 1.21 bits per heavy atom. The number of quaternary nitrogens is 1. The van der Waals surface area contributed by atoms with Gasteiger partial charge in [-0.2, -0.15) is 0 Å². The molecule has 0 heterocycles. The molecule has 0 amide bonds. The van der Waals surface area contributed by atoms with Crippen LogP contribution in [0.3, 0.4) is 0 Å². The number of hydrogen-bond donors (Lipinski definition) is 0. The number of hydrogen-bond acceptors (Lipinski definition) is 0. The van der Waals surface area contributed by atoms with Crippen molar-refractivity contribution in [3.63, 3.8) is 0 Å². The fourth-order valence-corrected chi connectivity index (χ4v) is 1.63. The van der Waals surface area contributed by atoms with Gasteiger partial charge in [-0.15, -0.1) is 0 Å². The van der Waals surface area contributed by atoms with Crippen molar-refractivity contribution in [1.82, 2.24) is 0 Å². The van der Waals surface area contributed by atoms with Crippen molar-refractivity contribution < 1.29 is 28.5 Å². The van der Waals surface area contributed by atoms with Crippen LogP contribution >= 0.6 is 0 Å². The SMILES string of the molecule is C=CC[N+](CC=C)(CC=C)C(C)C.[I-]. The van der Waals surface area contributed by atoms with E-state index in [0.29, 0.717) is 6.04 Å². The van der Waals surface area contributed by atoms with E-state index < -0.39 is 0 Å². The molecule has 2 heteroatoms. The predicted molar refractivity (Wildman–Crippen MR) is 60.6 cm³/mol. The summed E-state index contributed by atoms with van der Waals surface area (Å²) in [6, 6.07) is 0.578. The van der Waals surface area contributed by atoms with E-state index in [9.17, 15) is 0 Å². The summed E-state index contributed by atoms with van der Waals surface area (Å²) in [6.45, 7) is 18.8. The lowest BCUT2D eigenvalue weighted by Crippen LogP contribution is -3.00. The zero-order valence-corrected chi connectivity index (χ0v) is 11.5. The average Bonchev–Trinajstić information content (AvgIpc) is 2.05. The zero-order valence-electron chi connectivity index (χ0n) is 9.38. The maximum absolute atomic E-state index is 3.81. The van der Waals surface area contributed by atoms with Gasteiger partial charge in [-0.1, -0.05) is 19.7 Å². The molecule has 0 aliphatic carbocycles. The highest BCUT2D eigenvalue weighted by Crippen LogP contribution is 2.13. The van der Waals surface area contributed by atoms with Gasteiger partial charge in [0.2, 0.25) is 0 Å². The molecule has 0 aliphatic rings. The largest absolute Gasteiger partial charge is 1.00 e. The topological polar surface area (TPSA) is 0 Å². The molecule has 82 valence electrons. The highest BCUT2D eigenvalue weighted by atomic mass is 127. The van der Waals surface area contributed by atoms with Gasteiger partial charge in [-0.05, 0) is 32.1 Å². The molecule has 0 rings (SSSR count). The molecule has 0 unspecified atom stereocenters. The van der Waals surface area contributed by atoms with Crippen molar-refractivity contribution in [2.75, 3.05) is 19.6 Å². The number of nitrogens with zero attached hydrogens (tertiary/aromatic N) is 1. The molecule has 0 radical (unpaired) electrons. The minimum atomic E-state index is 0. The van der Waals surface area contributed by atoms with Crippen LogP contribution in [0, 0.1) is 0 Å². The van der Waals surface area contributed by atoms with Crippen LogP contribution < -0.4 is 24.0 Å². The Labute approximate surface area is 106 Å². The molecule has 0 aromatic carbocycles. The van der Waals surface area contributed by atoms with Gasteiger partial charge in [0.1, 0.15) is 0 Å². The molecule has 0 N–H and O–H groups in total. The Kier molecular flexibility index (Phi) is 9.62. The zero-order chi connectivity index (χ0) is 10.3. The van der Waals surface area contributed by atoms with Crippen LogP contribution in [0.2, 0.25) is 0 Å². The first-order chi connectivity index (χ1) is 6.13. The van der Waals surface area contributed by atoms with Gasteiger partial charge >= 0.3 is 0 Å². The summed E-state index contributed by atoms with van der Waals surface area (Å²) >= 11 is 0. The van der Waals surface area contributed by atoms with Crippen molar-refractivity contribution in [2.24, 2.45) is 0 Å². The van der Waals surface area contributed by atoms with E-state index in [2.05, 4.69) is 33.6 Å². The van der Waals surface area contributed by atoms with Crippen molar-refractivity contribution in [3.05, 3.63) is 38.0 Å². The summed E-state index contributed by atoms with van der Waals surface area (Å²) in [4.78, 5) is 0. The highest BCUT2D eigenvalue weighted by molar-refractivity contribution is 4.77. The molecule has 1 nitrogen and oxygen atoms in total. The third-order valence-corrected chi connectivity index (χ3v) is 2.57. The Hall–Kier alpha value is -0.0900. The molecular weight excluding hydrogens is 285 g/mol. The molecule has 0 aliphatic heterocycles. The first kappa shape index (κ1) is 16.3. The van der Waals surface area contributed by atoms with Gasteiger partial charge in [0.15, 0.2) is 0 Å². The molecule has 0 saturated carbocycles. The number of rotatable bonds is 7. The lowest BCUT2D eigenvalue weighted by molar-refractivity contribution is -0.932. The maximum atomic E-state index is 3.81. The van der Waals surface area contributed by atoms with Crippen LogP contribution in [0.1, 0.15) is 13.8 Å². The van der Waals surface area contributed by atoms with Crippen molar-refractivity contribution >= 4 is 0 Å². The second kappa shape index (κ2) is 8.24. The van der Waals surface area contributed by atoms with Crippen LogP contribution in [-0.2, 0) is 0 Å². The van der Waals surface area contributed by atoms with Gasteiger partial charge in [-0.3, -0.25) is 0 Å². The summed E-state index contributed by atoms with van der Waals surface area (Å²) in [7, 11) is 0. The molecule has 0 saturated heterocycles. The van der Waals surface area contributed by atoms with E-state index in [-0.39, 0.29) is 24.0 Å². The van der Waals surface area contributed by atoms with Crippen LogP contribution in [0.4, 0.5) is 0 Å². The Morgan fingerprint density at radius 1 is 0.929 bits per heavy atom. The van der Waals surface area contributed by atoms with E-state index in [1.54, 1.807) is 0 Å². The molecular formula is C12H22IN. The third kappa shape index (κ3) is 4.42. The van der Waals surface area contributed by atoms with Crippen molar-refractivity contribution in [3.8, 4) is 0 Å². The Morgan fingerprint density at radius 3 is 1.36 bits per heavy atom. The minimum absolute atomic E-state index is 0. The lowest BCUT2D eigenvalue weighted by atomic mass is 10.2. The molecule has 0 atom stereocenters. The monoisotopic (exact) mass is 307 g/mol. The summed E-state index contributed by atoms with van der Waals surface area (Å²) in [5.74, 6) is 0. The van der Waals surface area contributed by atoms with E-state index in [0.717, 1.165) is 24.1 Å². The Balaban J connectivity index is 0. The van der Waals surface area contributed by atoms with Crippen LogP contribution in [0.15, 0.2) is 38.0 Å². The second-order valence-corrected chi connectivity index (χ2v) is 3.73. The highest BCUT2D eigenvalue weighted by Gasteiger charge is 2.26. The summed E-state index contributed by atoms with van der Waals surface area (Å²) in [5, 5.41) is 0. The van der Waals surface area contributed by atoms with Gasteiger partial charge in [-0.25, -0.2) is 0 Å². The fraction of sp³-hybridized carbons (Fsp3) is 0.500. The summed E-state index contributed by atoms with van der Waals surface area (Å²) in [5.41, 5.74) is 0. The first-order valence-corrected chi connectivity index (χ1v) is 4.81. The second-order valence-electron chi connectivity index (χ2n) is 3.73. The third-order valence-electron chi connectivity index (χ3n) is 2.57. The van der Waals surface area contributed by atoms with Crippen LogP contribution in [-0.4, -0.2) is 30.2 Å². The quantitative estimate of drug-likeness (QED) is 0.346. The smallest absolute Gasteiger partial charge is 0.0977 e. The normalized spacial score (nSPS) is 10.5. The molecule has 0 bridgehead atoms. The molecule has 0 aromatic heterocycles. The van der Waals surface area contributed by atoms with E-state index >= 15 is 0 Å². The molecule has 0 spiro atoms. The molecule has 0 aromatic rings. The minimum Gasteiger partial charge on any atom is -1.00 e. The van der Waals surface area contributed by atoms with Gasteiger partial charge in [0, 0.05) is 0 Å². The lowest BCUT2D eigenvalue weighted by Gasteiger charge is -2.40. The average molecular weight is 307 g/mol. The van der Waals surface area contributed by atoms with Crippen LogP contribution in [0.25, 0.3) is 0 Å². The van der Waals surface area contributed by atoms with Crippen molar-refractivity contribution in [1.29, 1.82) is 0 Å². The summed E-state index contributed by atoms with van der Waals surface area (Å²) < 4.78 is 0.983. The van der Waals surface area contributed by atoms with Crippen molar-refractivity contribution in [2.45, 2.75) is 19.9 Å². The van der Waals surface area contributed by atoms with E-state index in [1.807, 2.05) is 18.2 Å². The van der Waals surface area contributed by atoms with E-state index in [4.69, 9.17) is 0 Å². The van der Waals surface area contributed by atoms with E-state index in [1.165, 1.54) is 0 Å². The molecule has 0 fully saturated rings. The fourth-order valence-electron chi connectivity index (χ4n) is 1.63. The van der Waals surface area contributed by atoms with Gasteiger partial charge in [0.05, 0.1) is 25.7 Å². The Bertz CT molecular complexity index is 158. The standard InChI is InChI=1S/C12H22N.HI/c1-6-9-13(10-7-2,11-8-3)12(4)5;/h6-8,12H,1-3,9-11H2,4-5H3;1H/q+1;/p-1. The first-order valence-electron chi connectivity index (χ1n) is 4.81. The molecule has 14 heavy (non-hydrogen) atoms. The van der Waals surface area contributed by atoms with Gasteiger partial charge in [0.25, 0.3) is 0 Å². The van der Waals surface area contributed by atoms with Crippen LogP contribution in [0.5, 0.6) is 0 Å². The van der Waals surface area contributed by atoms with Gasteiger partial charge < -0.3 is 28.5 Å². The maximum Gasteiger partial charge on any atom is 0.0977 e. The summed E-state index contributed by atoms with van der Waals surface area (Å²) in [6.07, 6.45) is 5.94.